The molecule has 0 aliphatic heterocycles. The highest BCUT2D eigenvalue weighted by Crippen LogP contribution is 2.13. The first-order valence-electron chi connectivity index (χ1n) is 5.33. The number of hydrogen-bond donors (Lipinski definition) is 2. The summed E-state index contributed by atoms with van der Waals surface area (Å²) in [6, 6.07) is 7.64. The molecule has 4 nitrogen and oxygen atoms in total. The van der Waals surface area contributed by atoms with Gasteiger partial charge in [-0.1, -0.05) is 17.7 Å². The van der Waals surface area contributed by atoms with E-state index in [1.807, 2.05) is 26.1 Å². The molecular formula is C12H19N3O. The lowest BCUT2D eigenvalue weighted by Crippen LogP contribution is -2.39. The number of hydrogen-bond acceptors (Lipinski definition) is 3. The molecule has 1 aromatic carbocycles. The van der Waals surface area contributed by atoms with Gasteiger partial charge < -0.3 is 16.4 Å². The number of aryl methyl sites for hydroxylation is 1. The third-order valence-corrected chi connectivity index (χ3v) is 2.62. The molecule has 0 aromatic heterocycles. The maximum Gasteiger partial charge on any atom is 0.234 e. The Hall–Kier alpha value is -1.55. The largest absolute Gasteiger partial charge is 0.375 e. The van der Waals surface area contributed by atoms with E-state index < -0.39 is 11.9 Å². The highest BCUT2D eigenvalue weighted by molar-refractivity contribution is 5.79. The quantitative estimate of drug-likeness (QED) is 0.766. The molecule has 0 saturated carbocycles. The first kappa shape index (κ1) is 12.5. The van der Waals surface area contributed by atoms with Crippen LogP contribution in [0.5, 0.6) is 0 Å². The lowest BCUT2D eigenvalue weighted by Gasteiger charge is -2.20. The number of amides is 1. The van der Waals surface area contributed by atoms with E-state index in [4.69, 9.17) is 11.5 Å². The summed E-state index contributed by atoms with van der Waals surface area (Å²) >= 11 is 0. The second-order valence-corrected chi connectivity index (χ2v) is 4.05. The Kier molecular flexibility index (Phi) is 4.31. The standard InChI is InChI=1S/C12H19N3O/c1-9-3-5-10(6-4-9)15(2)8-7-11(13)12(14)16/h3-6,11H,7-8,13H2,1-2H3,(H2,14,16). The van der Waals surface area contributed by atoms with Crippen molar-refractivity contribution in [3.8, 4) is 0 Å². The fraction of sp³-hybridized carbons (Fsp3) is 0.417. The minimum absolute atomic E-state index is 0.447. The van der Waals surface area contributed by atoms with E-state index in [0.717, 1.165) is 5.69 Å². The predicted octanol–water partition coefficient (Wildman–Crippen LogP) is 0.634. The first-order valence-corrected chi connectivity index (χ1v) is 5.33. The van der Waals surface area contributed by atoms with Gasteiger partial charge in [-0.25, -0.2) is 0 Å². The summed E-state index contributed by atoms with van der Waals surface area (Å²) in [5, 5.41) is 0. The van der Waals surface area contributed by atoms with Gasteiger partial charge in [0.05, 0.1) is 6.04 Å². The minimum Gasteiger partial charge on any atom is -0.375 e. The Labute approximate surface area is 96.2 Å². The zero-order chi connectivity index (χ0) is 12.1. The lowest BCUT2D eigenvalue weighted by atomic mass is 10.2. The van der Waals surface area contributed by atoms with Crippen LogP contribution in [0.4, 0.5) is 5.69 Å². The summed E-state index contributed by atoms with van der Waals surface area (Å²) in [5.41, 5.74) is 13.0. The SMILES string of the molecule is Cc1ccc(N(C)CCC(N)C(N)=O)cc1. The fourth-order valence-corrected chi connectivity index (χ4v) is 1.40. The zero-order valence-electron chi connectivity index (χ0n) is 9.81. The molecule has 4 heteroatoms. The molecule has 1 amide bonds. The second-order valence-electron chi connectivity index (χ2n) is 4.05. The number of nitrogens with zero attached hydrogens (tertiary/aromatic N) is 1. The molecule has 1 rings (SSSR count). The molecule has 1 aromatic rings. The van der Waals surface area contributed by atoms with Crippen molar-refractivity contribution in [3.63, 3.8) is 0 Å². The molecular weight excluding hydrogens is 202 g/mol. The van der Waals surface area contributed by atoms with Gasteiger partial charge in [0.25, 0.3) is 0 Å². The van der Waals surface area contributed by atoms with Crippen LogP contribution in [0, 0.1) is 6.92 Å². The van der Waals surface area contributed by atoms with Gasteiger partial charge in [-0.2, -0.15) is 0 Å². The molecule has 1 atom stereocenters. The normalized spacial score (nSPS) is 12.2. The molecule has 0 heterocycles. The smallest absolute Gasteiger partial charge is 0.234 e. The predicted molar refractivity (Wildman–Crippen MR) is 66.2 cm³/mol. The summed E-state index contributed by atoms with van der Waals surface area (Å²) in [7, 11) is 1.97. The number of carbonyl (C=O) groups is 1. The number of anilines is 1. The average molecular weight is 221 g/mol. The Morgan fingerprint density at radius 3 is 2.44 bits per heavy atom. The van der Waals surface area contributed by atoms with Crippen LogP contribution >= 0.6 is 0 Å². The Balaban J connectivity index is 2.49. The second kappa shape index (κ2) is 5.51. The zero-order valence-corrected chi connectivity index (χ0v) is 9.81. The van der Waals surface area contributed by atoms with Gasteiger partial charge in [0, 0.05) is 19.3 Å². The molecule has 0 fully saturated rings. The summed E-state index contributed by atoms with van der Waals surface area (Å²) < 4.78 is 0. The molecule has 1 unspecified atom stereocenters. The lowest BCUT2D eigenvalue weighted by molar-refractivity contribution is -0.119. The van der Waals surface area contributed by atoms with Crippen LogP contribution in [0.1, 0.15) is 12.0 Å². The van der Waals surface area contributed by atoms with Crippen molar-refractivity contribution >= 4 is 11.6 Å². The monoisotopic (exact) mass is 221 g/mol. The molecule has 0 bridgehead atoms. The number of rotatable bonds is 5. The van der Waals surface area contributed by atoms with E-state index >= 15 is 0 Å². The van der Waals surface area contributed by atoms with Crippen LogP contribution in [0.15, 0.2) is 24.3 Å². The molecule has 0 spiro atoms. The minimum atomic E-state index is -0.562. The highest BCUT2D eigenvalue weighted by atomic mass is 16.1. The molecule has 0 aliphatic carbocycles. The van der Waals surface area contributed by atoms with Crippen molar-refractivity contribution in [2.24, 2.45) is 11.5 Å². The number of benzene rings is 1. The van der Waals surface area contributed by atoms with Crippen LogP contribution in [0.25, 0.3) is 0 Å². The molecule has 16 heavy (non-hydrogen) atoms. The third kappa shape index (κ3) is 3.55. The van der Waals surface area contributed by atoms with Gasteiger partial charge in [0.15, 0.2) is 0 Å². The van der Waals surface area contributed by atoms with Gasteiger partial charge in [0.1, 0.15) is 0 Å². The maximum atomic E-state index is 10.8. The highest BCUT2D eigenvalue weighted by Gasteiger charge is 2.10. The number of primary amides is 1. The van der Waals surface area contributed by atoms with E-state index in [2.05, 4.69) is 17.0 Å². The molecule has 0 radical (unpaired) electrons. The van der Waals surface area contributed by atoms with Crippen molar-refractivity contribution in [3.05, 3.63) is 29.8 Å². The van der Waals surface area contributed by atoms with Gasteiger partial charge in [-0.05, 0) is 25.5 Å². The summed E-state index contributed by atoms with van der Waals surface area (Å²) in [5.74, 6) is -0.447. The van der Waals surface area contributed by atoms with Crippen LogP contribution in [-0.2, 0) is 4.79 Å². The molecule has 0 aliphatic rings. The Morgan fingerprint density at radius 1 is 1.38 bits per heavy atom. The van der Waals surface area contributed by atoms with Crippen molar-refractivity contribution < 1.29 is 4.79 Å². The number of carbonyl (C=O) groups excluding carboxylic acids is 1. The fourth-order valence-electron chi connectivity index (χ4n) is 1.40. The van der Waals surface area contributed by atoms with Crippen molar-refractivity contribution in [2.75, 3.05) is 18.5 Å². The summed E-state index contributed by atoms with van der Waals surface area (Å²) in [6.45, 7) is 2.76. The van der Waals surface area contributed by atoms with E-state index in [1.165, 1.54) is 5.56 Å². The molecule has 0 saturated heterocycles. The van der Waals surface area contributed by atoms with Crippen LogP contribution in [0.3, 0.4) is 0 Å². The van der Waals surface area contributed by atoms with Crippen LogP contribution < -0.4 is 16.4 Å². The first-order chi connectivity index (χ1) is 7.50. The molecule has 88 valence electrons. The van der Waals surface area contributed by atoms with Crippen molar-refractivity contribution in [2.45, 2.75) is 19.4 Å². The molecule has 4 N–H and O–H groups in total. The summed E-state index contributed by atoms with van der Waals surface area (Å²) in [4.78, 5) is 12.8. The topological polar surface area (TPSA) is 72.3 Å². The van der Waals surface area contributed by atoms with E-state index in [0.29, 0.717) is 13.0 Å². The Bertz CT molecular complexity index is 348. The average Bonchev–Trinajstić information content (AvgIpc) is 2.26. The van der Waals surface area contributed by atoms with Gasteiger partial charge in [0.2, 0.25) is 5.91 Å². The van der Waals surface area contributed by atoms with Gasteiger partial charge in [-0.15, -0.1) is 0 Å². The van der Waals surface area contributed by atoms with Crippen molar-refractivity contribution in [1.29, 1.82) is 0 Å². The Morgan fingerprint density at radius 2 is 1.94 bits per heavy atom. The van der Waals surface area contributed by atoms with Crippen molar-refractivity contribution in [1.82, 2.24) is 0 Å². The van der Waals surface area contributed by atoms with Gasteiger partial charge >= 0.3 is 0 Å². The van der Waals surface area contributed by atoms with Gasteiger partial charge in [-0.3, -0.25) is 4.79 Å². The van der Waals surface area contributed by atoms with E-state index in [9.17, 15) is 4.79 Å². The maximum absolute atomic E-state index is 10.8. The summed E-state index contributed by atoms with van der Waals surface area (Å²) in [6.07, 6.45) is 0.569. The van der Waals surface area contributed by atoms with E-state index in [-0.39, 0.29) is 0 Å². The van der Waals surface area contributed by atoms with Crippen LogP contribution in [0.2, 0.25) is 0 Å². The van der Waals surface area contributed by atoms with Crippen LogP contribution in [-0.4, -0.2) is 25.5 Å². The number of nitrogens with two attached hydrogens (primary N) is 2. The third-order valence-electron chi connectivity index (χ3n) is 2.62. The van der Waals surface area contributed by atoms with E-state index in [1.54, 1.807) is 0 Å².